The van der Waals surface area contributed by atoms with Crippen LogP contribution < -0.4 is 20.7 Å². The summed E-state index contributed by atoms with van der Waals surface area (Å²) in [5, 5.41) is 9.09. The van der Waals surface area contributed by atoms with E-state index in [4.69, 9.17) is 9.47 Å². The second-order valence-corrected chi connectivity index (χ2v) is 8.01. The fraction of sp³-hybridized carbons (Fsp3) is 0.636. The molecule has 3 rings (SSSR count). The maximum absolute atomic E-state index is 12.5. The summed E-state index contributed by atoms with van der Waals surface area (Å²) in [5.74, 6) is 0.739. The molecule has 2 fully saturated rings. The van der Waals surface area contributed by atoms with E-state index in [2.05, 4.69) is 16.0 Å². The first-order valence-electron chi connectivity index (χ1n) is 11.0. The highest BCUT2D eigenvalue weighted by molar-refractivity contribution is 5.89. The van der Waals surface area contributed by atoms with Crippen LogP contribution in [0.25, 0.3) is 0 Å². The number of methoxy groups -OCH3 is 1. The predicted molar refractivity (Wildman–Crippen MR) is 116 cm³/mol. The number of anilines is 1. The Hall–Kier alpha value is -2.48. The number of piperidine rings is 1. The lowest BCUT2D eigenvalue weighted by molar-refractivity contribution is 0.146. The number of urea groups is 2. The first kappa shape index (κ1) is 22.2. The number of nitrogens with zero attached hydrogens (tertiary/aromatic N) is 1. The zero-order chi connectivity index (χ0) is 21.2. The van der Waals surface area contributed by atoms with Crippen LogP contribution in [0.1, 0.15) is 44.9 Å². The van der Waals surface area contributed by atoms with Gasteiger partial charge in [-0.2, -0.15) is 0 Å². The number of amides is 4. The van der Waals surface area contributed by atoms with Gasteiger partial charge >= 0.3 is 12.1 Å². The van der Waals surface area contributed by atoms with E-state index in [0.29, 0.717) is 32.3 Å². The van der Waals surface area contributed by atoms with Gasteiger partial charge in [-0.05, 0) is 49.9 Å². The SMILES string of the molecule is COCCOc1ccc(NC(=O)N2CCC(NC(=O)NC3CCCCC3)CC2)cc1. The van der Waals surface area contributed by atoms with Crippen molar-refractivity contribution in [2.24, 2.45) is 0 Å². The quantitative estimate of drug-likeness (QED) is 0.592. The van der Waals surface area contributed by atoms with Crippen LogP contribution in [-0.4, -0.2) is 62.5 Å². The molecule has 0 radical (unpaired) electrons. The molecule has 2 aliphatic rings. The van der Waals surface area contributed by atoms with E-state index in [9.17, 15) is 9.59 Å². The highest BCUT2D eigenvalue weighted by Gasteiger charge is 2.25. The molecule has 0 atom stereocenters. The molecule has 1 heterocycles. The second-order valence-electron chi connectivity index (χ2n) is 8.01. The second kappa shape index (κ2) is 11.6. The third-order valence-electron chi connectivity index (χ3n) is 5.72. The fourth-order valence-corrected chi connectivity index (χ4v) is 3.97. The molecule has 0 spiro atoms. The Morgan fingerprint density at radius 3 is 2.20 bits per heavy atom. The van der Waals surface area contributed by atoms with Crippen molar-refractivity contribution in [3.8, 4) is 5.75 Å². The lowest BCUT2D eigenvalue weighted by Crippen LogP contribution is -2.51. The minimum absolute atomic E-state index is 0.0717. The summed E-state index contributed by atoms with van der Waals surface area (Å²) in [5.41, 5.74) is 0.728. The van der Waals surface area contributed by atoms with E-state index in [1.807, 2.05) is 24.3 Å². The molecule has 0 unspecified atom stereocenters. The fourth-order valence-electron chi connectivity index (χ4n) is 3.97. The van der Waals surface area contributed by atoms with Gasteiger partial charge in [-0.1, -0.05) is 19.3 Å². The molecule has 1 saturated carbocycles. The molecule has 30 heavy (non-hydrogen) atoms. The normalized spacial score (nSPS) is 18.0. The Morgan fingerprint density at radius 2 is 1.57 bits per heavy atom. The Morgan fingerprint density at radius 1 is 0.933 bits per heavy atom. The smallest absolute Gasteiger partial charge is 0.321 e. The molecule has 166 valence electrons. The zero-order valence-electron chi connectivity index (χ0n) is 17.8. The van der Waals surface area contributed by atoms with Crippen molar-refractivity contribution in [3.63, 3.8) is 0 Å². The van der Waals surface area contributed by atoms with Gasteiger partial charge < -0.3 is 30.3 Å². The van der Waals surface area contributed by atoms with E-state index < -0.39 is 0 Å². The summed E-state index contributed by atoms with van der Waals surface area (Å²) in [6, 6.07) is 7.53. The zero-order valence-corrected chi connectivity index (χ0v) is 17.8. The van der Waals surface area contributed by atoms with Gasteiger partial charge in [0.05, 0.1) is 6.61 Å². The Bertz CT molecular complexity index is 668. The largest absolute Gasteiger partial charge is 0.491 e. The van der Waals surface area contributed by atoms with Crippen molar-refractivity contribution in [1.82, 2.24) is 15.5 Å². The minimum atomic E-state index is -0.117. The molecule has 0 aromatic heterocycles. The van der Waals surface area contributed by atoms with Crippen LogP contribution in [0.5, 0.6) is 5.75 Å². The molecule has 1 aromatic carbocycles. The average Bonchev–Trinajstić information content (AvgIpc) is 2.76. The Kier molecular flexibility index (Phi) is 8.62. The maximum Gasteiger partial charge on any atom is 0.321 e. The molecule has 1 aromatic rings. The molecule has 0 bridgehead atoms. The number of hydrogen-bond donors (Lipinski definition) is 3. The summed E-state index contributed by atoms with van der Waals surface area (Å²) in [6.45, 7) is 2.27. The number of likely N-dealkylation sites (tertiary alicyclic amines) is 1. The van der Waals surface area contributed by atoms with Crippen molar-refractivity contribution in [2.75, 3.05) is 38.7 Å². The van der Waals surface area contributed by atoms with E-state index in [1.54, 1.807) is 12.0 Å². The standard InChI is InChI=1S/C22H34N4O4/c1-29-15-16-30-20-9-7-18(8-10-20)25-22(28)26-13-11-19(12-14-26)24-21(27)23-17-5-3-2-4-6-17/h7-10,17,19H,2-6,11-16H2,1H3,(H,25,28)(H2,23,24,27). The molecule has 8 nitrogen and oxygen atoms in total. The van der Waals surface area contributed by atoms with Crippen LogP contribution in [0.15, 0.2) is 24.3 Å². The maximum atomic E-state index is 12.5. The van der Waals surface area contributed by atoms with Crippen LogP contribution in [0, 0.1) is 0 Å². The number of hydrogen-bond acceptors (Lipinski definition) is 4. The lowest BCUT2D eigenvalue weighted by Gasteiger charge is -2.33. The van der Waals surface area contributed by atoms with Crippen LogP contribution in [0.4, 0.5) is 15.3 Å². The topological polar surface area (TPSA) is 91.9 Å². The van der Waals surface area contributed by atoms with E-state index in [1.165, 1.54) is 19.3 Å². The summed E-state index contributed by atoms with van der Waals surface area (Å²) < 4.78 is 10.5. The highest BCUT2D eigenvalue weighted by atomic mass is 16.5. The van der Waals surface area contributed by atoms with Gasteiger partial charge in [0.2, 0.25) is 0 Å². The van der Waals surface area contributed by atoms with Crippen molar-refractivity contribution in [2.45, 2.75) is 57.0 Å². The van der Waals surface area contributed by atoms with Gasteiger partial charge in [-0.25, -0.2) is 9.59 Å². The van der Waals surface area contributed by atoms with E-state index in [-0.39, 0.29) is 18.1 Å². The van der Waals surface area contributed by atoms with Crippen LogP contribution in [0.3, 0.4) is 0 Å². The van der Waals surface area contributed by atoms with Gasteiger partial charge in [-0.15, -0.1) is 0 Å². The molecule has 1 saturated heterocycles. The lowest BCUT2D eigenvalue weighted by atomic mass is 9.96. The number of benzene rings is 1. The summed E-state index contributed by atoms with van der Waals surface area (Å²) in [4.78, 5) is 26.5. The van der Waals surface area contributed by atoms with Crippen LogP contribution >= 0.6 is 0 Å². The number of ether oxygens (including phenoxy) is 2. The molecular formula is C22H34N4O4. The van der Waals surface area contributed by atoms with E-state index in [0.717, 1.165) is 37.1 Å². The molecule has 8 heteroatoms. The van der Waals surface area contributed by atoms with E-state index >= 15 is 0 Å². The number of carbonyl (C=O) groups excluding carboxylic acids is 2. The van der Waals surface area contributed by atoms with Gasteiger partial charge in [0.1, 0.15) is 12.4 Å². The predicted octanol–water partition coefficient (Wildman–Crippen LogP) is 3.34. The first-order chi connectivity index (χ1) is 14.6. The first-order valence-corrected chi connectivity index (χ1v) is 11.0. The molecule has 3 N–H and O–H groups in total. The third-order valence-corrected chi connectivity index (χ3v) is 5.72. The third kappa shape index (κ3) is 7.09. The molecule has 4 amide bonds. The summed E-state index contributed by atoms with van der Waals surface area (Å²) in [6.07, 6.45) is 7.34. The van der Waals surface area contributed by atoms with Gasteiger partial charge in [0, 0.05) is 38.0 Å². The molecule has 1 aliphatic carbocycles. The molecular weight excluding hydrogens is 384 g/mol. The van der Waals surface area contributed by atoms with Crippen LogP contribution in [0.2, 0.25) is 0 Å². The van der Waals surface area contributed by atoms with Crippen molar-refractivity contribution >= 4 is 17.7 Å². The van der Waals surface area contributed by atoms with Crippen molar-refractivity contribution in [3.05, 3.63) is 24.3 Å². The van der Waals surface area contributed by atoms with Gasteiger partial charge in [-0.3, -0.25) is 0 Å². The number of carbonyl (C=O) groups is 2. The van der Waals surface area contributed by atoms with Crippen molar-refractivity contribution < 1.29 is 19.1 Å². The highest BCUT2D eigenvalue weighted by Crippen LogP contribution is 2.19. The van der Waals surface area contributed by atoms with Gasteiger partial charge in [0.25, 0.3) is 0 Å². The van der Waals surface area contributed by atoms with Gasteiger partial charge in [0.15, 0.2) is 0 Å². The summed E-state index contributed by atoms with van der Waals surface area (Å²) in [7, 11) is 1.63. The Balaban J connectivity index is 1.36. The Labute approximate surface area is 178 Å². The molecule has 1 aliphatic heterocycles. The van der Waals surface area contributed by atoms with Crippen molar-refractivity contribution in [1.29, 1.82) is 0 Å². The monoisotopic (exact) mass is 418 g/mol. The number of nitrogens with one attached hydrogen (secondary N) is 3. The van der Waals surface area contributed by atoms with Crippen LogP contribution in [-0.2, 0) is 4.74 Å². The number of rotatable bonds is 7. The average molecular weight is 419 g/mol. The minimum Gasteiger partial charge on any atom is -0.491 e. The summed E-state index contributed by atoms with van der Waals surface area (Å²) >= 11 is 0.